The number of aromatic nitrogens is 2. The number of nitrogens with zero attached hydrogens (tertiary/aromatic N) is 2. The Hall–Kier alpha value is -1.66. The summed E-state index contributed by atoms with van der Waals surface area (Å²) < 4.78 is 11.9. The third-order valence-corrected chi connectivity index (χ3v) is 3.34. The number of methoxy groups -OCH3 is 1. The molecule has 0 aliphatic carbocycles. The second-order valence-corrected chi connectivity index (χ2v) is 5.83. The van der Waals surface area contributed by atoms with Gasteiger partial charge < -0.3 is 15.2 Å². The van der Waals surface area contributed by atoms with Gasteiger partial charge in [-0.1, -0.05) is 29.8 Å². The molecule has 2 N–H and O–H groups in total. The van der Waals surface area contributed by atoms with Crippen LogP contribution in [0.15, 0.2) is 28.7 Å². The molecule has 21 heavy (non-hydrogen) atoms. The van der Waals surface area contributed by atoms with Crippen molar-refractivity contribution in [1.29, 1.82) is 0 Å². The van der Waals surface area contributed by atoms with Crippen LogP contribution in [-0.4, -0.2) is 17.1 Å². The molecule has 0 atom stereocenters. The molecule has 1 aromatic heterocycles. The summed E-state index contributed by atoms with van der Waals surface area (Å²) >= 11 is 3.48. The molecule has 0 unspecified atom stereocenters. The molecule has 0 saturated carbocycles. The first-order valence-corrected chi connectivity index (χ1v) is 7.38. The van der Waals surface area contributed by atoms with E-state index in [2.05, 4.69) is 39.7 Å². The van der Waals surface area contributed by atoms with Crippen LogP contribution in [0.3, 0.4) is 0 Å². The molecular weight excluding hydrogens is 334 g/mol. The van der Waals surface area contributed by atoms with Crippen molar-refractivity contribution in [2.24, 2.45) is 0 Å². The van der Waals surface area contributed by atoms with Gasteiger partial charge in [-0.2, -0.15) is 4.98 Å². The third-order valence-electron chi connectivity index (χ3n) is 2.85. The molecule has 6 heteroatoms. The maximum Gasteiger partial charge on any atom is 0.224 e. The van der Waals surface area contributed by atoms with Crippen molar-refractivity contribution < 1.29 is 9.47 Å². The fourth-order valence-corrected chi connectivity index (χ4v) is 2.29. The van der Waals surface area contributed by atoms with Gasteiger partial charge in [-0.25, -0.2) is 4.98 Å². The summed E-state index contributed by atoms with van der Waals surface area (Å²) in [6, 6.07) is 7.49. The van der Waals surface area contributed by atoms with Crippen LogP contribution in [0.1, 0.15) is 31.2 Å². The Morgan fingerprint density at radius 2 is 2.00 bits per heavy atom. The number of nitrogen functional groups attached to an aromatic ring is 1. The summed E-state index contributed by atoms with van der Waals surface area (Å²) in [4.78, 5) is 8.38. The average Bonchev–Trinajstić information content (AvgIpc) is 2.40. The normalized spacial score (nSPS) is 10.9. The zero-order valence-electron chi connectivity index (χ0n) is 12.3. The topological polar surface area (TPSA) is 70.3 Å². The maximum atomic E-state index is 5.89. The molecule has 112 valence electrons. The van der Waals surface area contributed by atoms with E-state index in [-0.39, 0.29) is 0 Å². The Kier molecular flexibility index (Phi) is 5.14. The van der Waals surface area contributed by atoms with Crippen LogP contribution in [0.5, 0.6) is 11.6 Å². The minimum Gasteiger partial charge on any atom is -0.439 e. The van der Waals surface area contributed by atoms with E-state index in [0.717, 1.165) is 15.8 Å². The summed E-state index contributed by atoms with van der Waals surface area (Å²) in [6.45, 7) is 4.51. The molecule has 0 radical (unpaired) electrons. The molecule has 0 aliphatic rings. The Morgan fingerprint density at radius 1 is 1.24 bits per heavy atom. The maximum absolute atomic E-state index is 5.89. The van der Waals surface area contributed by atoms with Crippen LogP contribution in [0.2, 0.25) is 0 Å². The highest BCUT2D eigenvalue weighted by Gasteiger charge is 2.11. The second kappa shape index (κ2) is 6.87. The quantitative estimate of drug-likeness (QED) is 0.884. The van der Waals surface area contributed by atoms with Crippen molar-refractivity contribution in [3.8, 4) is 11.6 Å². The summed E-state index contributed by atoms with van der Waals surface area (Å²) in [5, 5.41) is 0. The SMILES string of the molecule is COCc1nc(N)cc(Oc2ccc(Br)cc2C(C)C)n1. The van der Waals surface area contributed by atoms with Gasteiger partial charge in [0.1, 0.15) is 18.2 Å². The summed E-state index contributed by atoms with van der Waals surface area (Å²) in [5.41, 5.74) is 6.86. The molecule has 5 nitrogen and oxygen atoms in total. The Balaban J connectivity index is 2.33. The molecule has 1 aromatic carbocycles. The van der Waals surface area contributed by atoms with Crippen molar-refractivity contribution in [3.05, 3.63) is 40.1 Å². The minimum atomic E-state index is 0.290. The van der Waals surface area contributed by atoms with Crippen LogP contribution in [0.4, 0.5) is 5.82 Å². The fourth-order valence-electron chi connectivity index (χ4n) is 1.91. The van der Waals surface area contributed by atoms with Crippen molar-refractivity contribution in [2.45, 2.75) is 26.4 Å². The van der Waals surface area contributed by atoms with Gasteiger partial charge in [0, 0.05) is 17.6 Å². The predicted molar refractivity (Wildman–Crippen MR) is 85.5 cm³/mol. The van der Waals surface area contributed by atoms with Gasteiger partial charge in [0.05, 0.1) is 0 Å². The number of hydrogen-bond acceptors (Lipinski definition) is 5. The van der Waals surface area contributed by atoms with Crippen LogP contribution in [-0.2, 0) is 11.3 Å². The zero-order chi connectivity index (χ0) is 15.4. The number of rotatable bonds is 5. The first kappa shape index (κ1) is 15.7. The lowest BCUT2D eigenvalue weighted by Crippen LogP contribution is -2.03. The average molecular weight is 352 g/mol. The minimum absolute atomic E-state index is 0.290. The van der Waals surface area contributed by atoms with Gasteiger partial charge in [-0.15, -0.1) is 0 Å². The van der Waals surface area contributed by atoms with Crippen molar-refractivity contribution in [2.75, 3.05) is 12.8 Å². The zero-order valence-corrected chi connectivity index (χ0v) is 13.8. The van der Waals surface area contributed by atoms with Crippen LogP contribution < -0.4 is 10.5 Å². The van der Waals surface area contributed by atoms with Gasteiger partial charge in [-0.3, -0.25) is 0 Å². The largest absolute Gasteiger partial charge is 0.439 e. The number of halogens is 1. The lowest BCUT2D eigenvalue weighted by Gasteiger charge is -2.14. The van der Waals surface area contributed by atoms with Crippen molar-refractivity contribution >= 4 is 21.7 Å². The van der Waals surface area contributed by atoms with Crippen molar-refractivity contribution in [3.63, 3.8) is 0 Å². The predicted octanol–water partition coefficient (Wildman–Crippen LogP) is 3.88. The smallest absolute Gasteiger partial charge is 0.224 e. The second-order valence-electron chi connectivity index (χ2n) is 4.92. The molecule has 0 bridgehead atoms. The number of benzene rings is 1. The molecule has 0 spiro atoms. The van der Waals surface area contributed by atoms with Gasteiger partial charge in [-0.05, 0) is 29.7 Å². The van der Waals surface area contributed by atoms with Crippen LogP contribution in [0.25, 0.3) is 0 Å². The summed E-state index contributed by atoms with van der Waals surface area (Å²) in [5.74, 6) is 2.36. The number of ether oxygens (including phenoxy) is 2. The Morgan fingerprint density at radius 3 is 2.67 bits per heavy atom. The van der Waals surface area contributed by atoms with E-state index in [1.54, 1.807) is 13.2 Å². The monoisotopic (exact) mass is 351 g/mol. The number of hydrogen-bond donors (Lipinski definition) is 1. The Bertz CT molecular complexity index is 632. The van der Waals surface area contributed by atoms with Gasteiger partial charge >= 0.3 is 0 Å². The highest BCUT2D eigenvalue weighted by atomic mass is 79.9. The van der Waals surface area contributed by atoms with E-state index in [4.69, 9.17) is 15.2 Å². The van der Waals surface area contributed by atoms with E-state index >= 15 is 0 Å². The molecular formula is C15H18BrN3O2. The van der Waals surface area contributed by atoms with Crippen LogP contribution >= 0.6 is 15.9 Å². The molecule has 2 aromatic rings. The lowest BCUT2D eigenvalue weighted by molar-refractivity contribution is 0.177. The van der Waals surface area contributed by atoms with Gasteiger partial charge in [0.2, 0.25) is 5.88 Å². The highest BCUT2D eigenvalue weighted by molar-refractivity contribution is 9.10. The summed E-state index contributed by atoms with van der Waals surface area (Å²) in [7, 11) is 1.58. The van der Waals surface area contributed by atoms with E-state index < -0.39 is 0 Å². The summed E-state index contributed by atoms with van der Waals surface area (Å²) in [6.07, 6.45) is 0. The van der Waals surface area contributed by atoms with Gasteiger partial charge in [0.25, 0.3) is 0 Å². The molecule has 0 saturated heterocycles. The lowest BCUT2D eigenvalue weighted by atomic mass is 10.0. The highest BCUT2D eigenvalue weighted by Crippen LogP contribution is 2.32. The van der Waals surface area contributed by atoms with E-state index in [1.165, 1.54) is 0 Å². The molecule has 2 rings (SSSR count). The van der Waals surface area contributed by atoms with Gasteiger partial charge in [0.15, 0.2) is 5.82 Å². The van der Waals surface area contributed by atoms with E-state index in [9.17, 15) is 0 Å². The fraction of sp³-hybridized carbons (Fsp3) is 0.333. The van der Waals surface area contributed by atoms with Crippen LogP contribution in [0, 0.1) is 0 Å². The molecule has 0 amide bonds. The molecule has 1 heterocycles. The first-order valence-electron chi connectivity index (χ1n) is 6.59. The Labute approximate surface area is 132 Å². The molecule has 0 fully saturated rings. The van der Waals surface area contributed by atoms with Crippen molar-refractivity contribution in [1.82, 2.24) is 9.97 Å². The molecule has 0 aliphatic heterocycles. The third kappa shape index (κ3) is 4.15. The van der Waals surface area contributed by atoms with E-state index in [1.807, 2.05) is 18.2 Å². The number of nitrogens with two attached hydrogens (primary N) is 1. The standard InChI is InChI=1S/C15H18BrN3O2/c1-9(2)11-6-10(16)4-5-12(11)21-15-7-13(17)18-14(19-15)8-20-3/h4-7,9H,8H2,1-3H3,(H2,17,18,19). The number of anilines is 1. The van der Waals surface area contributed by atoms with E-state index in [0.29, 0.717) is 30.0 Å². The first-order chi connectivity index (χ1) is 9.99.